The first-order chi connectivity index (χ1) is 27.3. The molecule has 0 fully saturated rings. The lowest BCUT2D eigenvalue weighted by Crippen LogP contribution is -3.00. The molecule has 0 N–H and O–H groups in total. The van der Waals surface area contributed by atoms with E-state index < -0.39 is 9.85 Å². The first-order valence-electron chi connectivity index (χ1n) is 17.1. The number of nitro benzene ring substituents is 2. The molecular weight excluding hydrogens is 787 g/mol. The number of halogens is 2. The van der Waals surface area contributed by atoms with Gasteiger partial charge in [-0.3, -0.25) is 20.2 Å². The number of nitrogens with zero attached hydrogens (tertiary/aromatic N) is 10. The average molecular weight is 818 g/mol. The molecule has 18 heteroatoms. The van der Waals surface area contributed by atoms with Crippen molar-refractivity contribution in [2.75, 3.05) is 14.2 Å². The molecule has 0 saturated carbocycles. The number of aromatic nitrogens is 8. The van der Waals surface area contributed by atoms with Crippen LogP contribution in [0, 0.1) is 20.2 Å². The highest BCUT2D eigenvalue weighted by molar-refractivity contribution is 5.70. The monoisotopic (exact) mass is 816 g/mol. The second-order valence-corrected chi connectivity index (χ2v) is 12.3. The Labute approximate surface area is 342 Å². The van der Waals surface area contributed by atoms with Crippen molar-refractivity contribution in [3.8, 4) is 68.2 Å². The lowest BCUT2D eigenvalue weighted by molar-refractivity contribution is -0.734. The van der Waals surface area contributed by atoms with Gasteiger partial charge in [0.05, 0.1) is 45.4 Å². The summed E-state index contributed by atoms with van der Waals surface area (Å²) in [6.45, 7) is 0. The molecule has 0 radical (unpaired) electrons. The number of nitro groups is 2. The van der Waals surface area contributed by atoms with Crippen LogP contribution in [0.5, 0.6) is 11.5 Å². The van der Waals surface area contributed by atoms with E-state index in [2.05, 4.69) is 0 Å². The highest BCUT2D eigenvalue weighted by atomic mass is 35.5. The zero-order valence-corrected chi connectivity index (χ0v) is 32.0. The first kappa shape index (κ1) is 40.1. The molecule has 2 aromatic heterocycles. The maximum absolute atomic E-state index is 11.7. The Bertz CT molecular complexity index is 2580. The maximum Gasteiger partial charge on any atom is 0.340 e. The Morgan fingerprint density at radius 1 is 0.500 bits per heavy atom. The van der Waals surface area contributed by atoms with Crippen LogP contribution in [0.15, 0.2) is 146 Å². The van der Waals surface area contributed by atoms with E-state index in [0.29, 0.717) is 45.9 Å². The average Bonchev–Trinajstić information content (AvgIpc) is 3.90. The van der Waals surface area contributed by atoms with Crippen molar-refractivity contribution < 1.29 is 53.7 Å². The summed E-state index contributed by atoms with van der Waals surface area (Å²) < 4.78 is 11.8. The number of tetrazole rings is 2. The number of non-ortho nitro benzene ring substituents is 2. The number of hydrogen-bond acceptors (Lipinski definition) is 10. The fourth-order valence-electron chi connectivity index (χ4n) is 6.13. The van der Waals surface area contributed by atoms with Gasteiger partial charge in [0.2, 0.25) is 11.4 Å². The molecule has 2 heterocycles. The number of ether oxygens (including phenoxy) is 2. The molecule has 0 aliphatic rings. The topological polar surface area (TPSA) is 174 Å². The van der Waals surface area contributed by atoms with Gasteiger partial charge >= 0.3 is 11.6 Å². The van der Waals surface area contributed by atoms with Gasteiger partial charge in [-0.15, -0.1) is 0 Å². The summed E-state index contributed by atoms with van der Waals surface area (Å²) in [6, 6.07) is 42.2. The van der Waals surface area contributed by atoms with Crippen LogP contribution < -0.4 is 43.9 Å². The molecule has 0 unspecified atom stereocenters. The first-order valence-corrected chi connectivity index (χ1v) is 17.1. The van der Waals surface area contributed by atoms with Crippen LogP contribution in [0.2, 0.25) is 0 Å². The molecule has 0 aliphatic carbocycles. The van der Waals surface area contributed by atoms with E-state index in [0.717, 1.165) is 22.3 Å². The van der Waals surface area contributed by atoms with Crippen molar-refractivity contribution in [1.82, 2.24) is 30.0 Å². The second kappa shape index (κ2) is 17.1. The van der Waals surface area contributed by atoms with Gasteiger partial charge in [0.25, 0.3) is 11.4 Å². The van der Waals surface area contributed by atoms with Crippen molar-refractivity contribution in [2.45, 2.75) is 0 Å². The van der Waals surface area contributed by atoms with Gasteiger partial charge in [-0.05, 0) is 104 Å². The summed E-state index contributed by atoms with van der Waals surface area (Å²) in [4.78, 5) is 28.4. The number of benzene rings is 6. The van der Waals surface area contributed by atoms with Crippen molar-refractivity contribution in [3.05, 3.63) is 166 Å². The fourth-order valence-corrected chi connectivity index (χ4v) is 6.13. The summed E-state index contributed by atoms with van der Waals surface area (Å²) in [5, 5.41) is 42.4. The summed E-state index contributed by atoms with van der Waals surface area (Å²) >= 11 is 0. The van der Waals surface area contributed by atoms with Crippen LogP contribution in [0.4, 0.5) is 11.4 Å². The van der Waals surface area contributed by atoms with E-state index in [1.807, 2.05) is 97.1 Å². The molecule has 8 rings (SSSR count). The van der Waals surface area contributed by atoms with Crippen LogP contribution in [0.3, 0.4) is 0 Å². The summed E-state index contributed by atoms with van der Waals surface area (Å²) in [5.41, 5.74) is 4.76. The minimum absolute atomic E-state index is 0. The third-order valence-electron chi connectivity index (χ3n) is 8.85. The Morgan fingerprint density at radius 2 is 0.897 bits per heavy atom. The van der Waals surface area contributed by atoms with Gasteiger partial charge in [-0.1, -0.05) is 48.5 Å². The Kier molecular flexibility index (Phi) is 11.8. The molecule has 16 nitrogen and oxygen atoms in total. The van der Waals surface area contributed by atoms with E-state index in [1.54, 1.807) is 38.5 Å². The molecule has 0 saturated heterocycles. The highest BCUT2D eigenvalue weighted by Gasteiger charge is 2.29. The standard InChI is InChI=1S/C40H30N10O6.2ClH/c1-55-37-23-29(19-21-35(37)47-43-39(27-11-5-3-6-12-27)41-45(47)31-15-9-17-33(25-31)49(51)52)30-20-22-36(38(24-30)56-2)48-44-40(28-13-7-4-8-14-28)42-46(48)32-16-10-18-34(26-32)50(53)54;;/h3-26H,1-2H3;2*1H/q+2;;/p-2. The van der Waals surface area contributed by atoms with Crippen molar-refractivity contribution in [3.63, 3.8) is 0 Å². The van der Waals surface area contributed by atoms with E-state index in [9.17, 15) is 20.2 Å². The normalized spacial score (nSPS) is 10.6. The van der Waals surface area contributed by atoms with Crippen LogP contribution in [-0.4, -0.2) is 54.1 Å². The van der Waals surface area contributed by atoms with E-state index in [1.165, 1.54) is 43.5 Å². The SMILES string of the molecule is COc1cc(-c2ccc(-[n+]3nc(-c4ccccc4)nn3-c3cccc([N+](=O)[O-])c3)c(OC)c2)ccc1-[n+]1nc(-c2ccccc2)nn1-c1cccc([N+](=O)[O-])c1.[Cl-].[Cl-]. The minimum Gasteiger partial charge on any atom is -1.00 e. The van der Waals surface area contributed by atoms with Gasteiger partial charge in [-0.25, -0.2) is 0 Å². The lowest BCUT2D eigenvalue weighted by atomic mass is 10.0. The predicted octanol–water partition coefficient (Wildman–Crippen LogP) is 0.244. The van der Waals surface area contributed by atoms with E-state index >= 15 is 0 Å². The molecule has 0 atom stereocenters. The smallest absolute Gasteiger partial charge is 0.340 e. The Balaban J connectivity index is 0.00000283. The highest BCUT2D eigenvalue weighted by Crippen LogP contribution is 2.32. The van der Waals surface area contributed by atoms with Gasteiger partial charge < -0.3 is 34.3 Å². The molecule has 290 valence electrons. The van der Waals surface area contributed by atoms with Crippen LogP contribution in [0.25, 0.3) is 56.7 Å². The molecule has 0 aliphatic heterocycles. The molecular formula is C40H30Cl2N10O6. The van der Waals surface area contributed by atoms with Crippen LogP contribution in [-0.2, 0) is 0 Å². The molecule has 0 spiro atoms. The van der Waals surface area contributed by atoms with Gasteiger partial charge in [-0.2, -0.15) is 0 Å². The zero-order chi connectivity index (χ0) is 38.8. The van der Waals surface area contributed by atoms with Crippen molar-refractivity contribution in [2.24, 2.45) is 0 Å². The second-order valence-electron chi connectivity index (χ2n) is 12.3. The molecule has 6 aromatic carbocycles. The molecule has 0 amide bonds. The molecule has 0 bridgehead atoms. The maximum atomic E-state index is 11.7. The summed E-state index contributed by atoms with van der Waals surface area (Å²) in [7, 11) is 3.08. The van der Waals surface area contributed by atoms with E-state index in [4.69, 9.17) is 29.9 Å². The molecule has 58 heavy (non-hydrogen) atoms. The number of methoxy groups -OCH3 is 2. The van der Waals surface area contributed by atoms with Crippen LogP contribution in [0.1, 0.15) is 0 Å². The third-order valence-corrected chi connectivity index (χ3v) is 8.85. The fraction of sp³-hybridized carbons (Fsp3) is 0.0500. The predicted molar refractivity (Wildman–Crippen MR) is 202 cm³/mol. The van der Waals surface area contributed by atoms with Crippen molar-refractivity contribution in [1.29, 1.82) is 0 Å². The largest absolute Gasteiger partial charge is 1.00 e. The van der Waals surface area contributed by atoms with Gasteiger partial charge in [0.1, 0.15) is 11.4 Å². The Hall–Kier alpha value is -7.56. The lowest BCUT2D eigenvalue weighted by Gasteiger charge is -2.11. The third kappa shape index (κ3) is 7.77. The van der Waals surface area contributed by atoms with Crippen LogP contribution >= 0.6 is 0 Å². The molecule has 8 aromatic rings. The minimum atomic E-state index is -0.462. The Morgan fingerprint density at radius 3 is 1.26 bits per heavy atom. The number of hydrogen-bond donors (Lipinski definition) is 0. The summed E-state index contributed by atoms with van der Waals surface area (Å²) in [6.07, 6.45) is 0. The zero-order valence-electron chi connectivity index (χ0n) is 30.5. The van der Waals surface area contributed by atoms with Crippen molar-refractivity contribution >= 4 is 11.4 Å². The quantitative estimate of drug-likeness (QED) is 0.100. The van der Waals surface area contributed by atoms with E-state index in [-0.39, 0.29) is 36.2 Å². The number of rotatable bonds is 11. The summed E-state index contributed by atoms with van der Waals surface area (Å²) in [5.74, 6) is 1.69. The van der Waals surface area contributed by atoms with Gasteiger partial charge in [0.15, 0.2) is 11.5 Å². The van der Waals surface area contributed by atoms with Gasteiger partial charge in [0, 0.05) is 33.9 Å².